The van der Waals surface area contributed by atoms with Crippen molar-refractivity contribution in [2.75, 3.05) is 12.3 Å². The molecule has 1 N–H and O–H groups in total. The molecule has 0 saturated carbocycles. The molecule has 0 aliphatic carbocycles. The van der Waals surface area contributed by atoms with Crippen LogP contribution in [0.25, 0.3) is 0 Å². The van der Waals surface area contributed by atoms with Gasteiger partial charge in [0.1, 0.15) is 0 Å². The molecule has 5 heteroatoms. The maximum absolute atomic E-state index is 11.2. The number of rotatable bonds is 5. The third-order valence-corrected chi connectivity index (χ3v) is 3.58. The van der Waals surface area contributed by atoms with Crippen LogP contribution in [0, 0.1) is 0 Å². The highest BCUT2D eigenvalue weighted by Gasteiger charge is 2.06. The fraction of sp³-hybridized carbons (Fsp3) is 0.364. The predicted molar refractivity (Wildman–Crippen MR) is 71.3 cm³/mol. The average molecular weight is 278 g/mol. The second kappa shape index (κ2) is 7.05. The lowest BCUT2D eigenvalue weighted by atomic mass is 10.2. The Morgan fingerprint density at radius 2 is 2.00 bits per heavy atom. The van der Waals surface area contributed by atoms with E-state index in [1.807, 2.05) is 13.0 Å². The van der Waals surface area contributed by atoms with E-state index in [9.17, 15) is 4.79 Å². The standard InChI is InChI=1S/C11H13Cl2NOS/c1-2-14-11(15)7-16-6-8-9(12)4-3-5-10(8)13/h3-5H,2,6-7H2,1H3,(H,14,15). The number of benzene rings is 1. The van der Waals surface area contributed by atoms with Crippen LogP contribution in [0.1, 0.15) is 12.5 Å². The van der Waals surface area contributed by atoms with Crippen molar-refractivity contribution in [3.05, 3.63) is 33.8 Å². The number of thioether (sulfide) groups is 1. The van der Waals surface area contributed by atoms with E-state index >= 15 is 0 Å². The van der Waals surface area contributed by atoms with Gasteiger partial charge in [-0.2, -0.15) is 0 Å². The Bertz CT molecular complexity index is 351. The normalized spacial score (nSPS) is 10.2. The molecule has 0 saturated heterocycles. The summed E-state index contributed by atoms with van der Waals surface area (Å²) in [7, 11) is 0. The Labute approximate surface area is 110 Å². The van der Waals surface area contributed by atoms with Gasteiger partial charge in [0, 0.05) is 22.3 Å². The van der Waals surface area contributed by atoms with Crippen LogP contribution >= 0.6 is 35.0 Å². The number of amides is 1. The van der Waals surface area contributed by atoms with Crippen molar-refractivity contribution >= 4 is 40.9 Å². The van der Waals surface area contributed by atoms with E-state index in [4.69, 9.17) is 23.2 Å². The van der Waals surface area contributed by atoms with Crippen LogP contribution in [-0.2, 0) is 10.5 Å². The number of halogens is 2. The minimum absolute atomic E-state index is 0.0377. The van der Waals surface area contributed by atoms with Crippen LogP contribution in [0.4, 0.5) is 0 Å². The second-order valence-corrected chi connectivity index (χ2v) is 4.95. The van der Waals surface area contributed by atoms with Crippen LogP contribution in [0.5, 0.6) is 0 Å². The van der Waals surface area contributed by atoms with E-state index in [1.165, 1.54) is 11.8 Å². The van der Waals surface area contributed by atoms with Gasteiger partial charge in [-0.1, -0.05) is 29.3 Å². The number of nitrogens with one attached hydrogen (secondary N) is 1. The first-order valence-electron chi connectivity index (χ1n) is 4.92. The van der Waals surface area contributed by atoms with Gasteiger partial charge in [-0.3, -0.25) is 4.79 Å². The summed E-state index contributed by atoms with van der Waals surface area (Å²) in [4.78, 5) is 11.2. The Morgan fingerprint density at radius 1 is 1.38 bits per heavy atom. The molecule has 1 rings (SSSR count). The van der Waals surface area contributed by atoms with Crippen molar-refractivity contribution in [3.63, 3.8) is 0 Å². The molecule has 16 heavy (non-hydrogen) atoms. The molecule has 1 aromatic rings. The molecule has 0 atom stereocenters. The lowest BCUT2D eigenvalue weighted by Crippen LogP contribution is -2.24. The Hall–Kier alpha value is -0.380. The first kappa shape index (κ1) is 13.7. The van der Waals surface area contributed by atoms with Gasteiger partial charge < -0.3 is 5.32 Å². The summed E-state index contributed by atoms with van der Waals surface area (Å²) in [6.07, 6.45) is 0. The molecule has 0 aromatic heterocycles. The number of carbonyl (C=O) groups excluding carboxylic acids is 1. The minimum Gasteiger partial charge on any atom is -0.356 e. The second-order valence-electron chi connectivity index (χ2n) is 3.15. The third kappa shape index (κ3) is 4.24. The molecule has 1 amide bonds. The summed E-state index contributed by atoms with van der Waals surface area (Å²) < 4.78 is 0. The number of hydrogen-bond acceptors (Lipinski definition) is 2. The first-order valence-corrected chi connectivity index (χ1v) is 6.83. The predicted octanol–water partition coefficient (Wildman–Crippen LogP) is 3.36. The van der Waals surface area contributed by atoms with Crippen molar-refractivity contribution in [1.82, 2.24) is 5.32 Å². The lowest BCUT2D eigenvalue weighted by molar-refractivity contribution is -0.118. The lowest BCUT2D eigenvalue weighted by Gasteiger charge is -2.06. The fourth-order valence-corrected chi connectivity index (χ4v) is 2.76. The van der Waals surface area contributed by atoms with Gasteiger partial charge in [0.2, 0.25) is 5.91 Å². The fourth-order valence-electron chi connectivity index (χ4n) is 1.16. The van der Waals surface area contributed by atoms with Crippen LogP contribution in [-0.4, -0.2) is 18.2 Å². The van der Waals surface area contributed by atoms with Crippen molar-refractivity contribution in [1.29, 1.82) is 0 Å². The zero-order valence-corrected chi connectivity index (χ0v) is 11.3. The summed E-state index contributed by atoms with van der Waals surface area (Å²) in [5, 5.41) is 4.03. The van der Waals surface area contributed by atoms with Gasteiger partial charge in [0.05, 0.1) is 5.75 Å². The van der Waals surface area contributed by atoms with Gasteiger partial charge in [-0.05, 0) is 24.6 Å². The SMILES string of the molecule is CCNC(=O)CSCc1c(Cl)cccc1Cl. The van der Waals surface area contributed by atoms with Crippen LogP contribution in [0.2, 0.25) is 10.0 Å². The van der Waals surface area contributed by atoms with E-state index in [0.29, 0.717) is 28.1 Å². The zero-order chi connectivity index (χ0) is 12.0. The van der Waals surface area contributed by atoms with E-state index in [2.05, 4.69) is 5.32 Å². The Kier molecular flexibility index (Phi) is 6.03. The maximum Gasteiger partial charge on any atom is 0.229 e. The topological polar surface area (TPSA) is 29.1 Å². The highest BCUT2D eigenvalue weighted by molar-refractivity contribution is 7.99. The summed E-state index contributed by atoms with van der Waals surface area (Å²) >= 11 is 13.5. The molecule has 0 fully saturated rings. The smallest absolute Gasteiger partial charge is 0.229 e. The van der Waals surface area contributed by atoms with Gasteiger partial charge in [0.15, 0.2) is 0 Å². The summed E-state index contributed by atoms with van der Waals surface area (Å²) in [5.41, 5.74) is 0.889. The van der Waals surface area contributed by atoms with Crippen molar-refractivity contribution < 1.29 is 4.79 Å². The average Bonchev–Trinajstić information content (AvgIpc) is 2.23. The number of carbonyl (C=O) groups is 1. The van der Waals surface area contributed by atoms with Gasteiger partial charge >= 0.3 is 0 Å². The minimum atomic E-state index is 0.0377. The Balaban J connectivity index is 2.46. The highest BCUT2D eigenvalue weighted by atomic mass is 35.5. The largest absolute Gasteiger partial charge is 0.356 e. The molecular weight excluding hydrogens is 265 g/mol. The summed E-state index contributed by atoms with van der Waals surface area (Å²) in [6.45, 7) is 2.56. The van der Waals surface area contributed by atoms with E-state index in [0.717, 1.165) is 5.56 Å². The molecule has 0 bridgehead atoms. The highest BCUT2D eigenvalue weighted by Crippen LogP contribution is 2.27. The molecule has 0 heterocycles. The van der Waals surface area contributed by atoms with Crippen LogP contribution in [0.3, 0.4) is 0 Å². The molecule has 0 aliphatic heterocycles. The molecule has 88 valence electrons. The monoisotopic (exact) mass is 277 g/mol. The molecule has 2 nitrogen and oxygen atoms in total. The molecule has 1 aromatic carbocycles. The maximum atomic E-state index is 11.2. The number of hydrogen-bond donors (Lipinski definition) is 1. The molecule has 0 spiro atoms. The van der Waals surface area contributed by atoms with Gasteiger partial charge in [-0.25, -0.2) is 0 Å². The molecule has 0 aliphatic rings. The zero-order valence-electron chi connectivity index (χ0n) is 8.93. The van der Waals surface area contributed by atoms with Crippen molar-refractivity contribution in [2.24, 2.45) is 0 Å². The molecule has 0 radical (unpaired) electrons. The third-order valence-electron chi connectivity index (χ3n) is 1.92. The Morgan fingerprint density at radius 3 is 2.56 bits per heavy atom. The summed E-state index contributed by atoms with van der Waals surface area (Å²) in [5.74, 6) is 1.11. The van der Waals surface area contributed by atoms with Gasteiger partial charge in [-0.15, -0.1) is 11.8 Å². The van der Waals surface area contributed by atoms with Crippen molar-refractivity contribution in [2.45, 2.75) is 12.7 Å². The van der Waals surface area contributed by atoms with Crippen molar-refractivity contribution in [3.8, 4) is 0 Å². The van der Waals surface area contributed by atoms with E-state index in [1.54, 1.807) is 12.1 Å². The van der Waals surface area contributed by atoms with Crippen LogP contribution in [0.15, 0.2) is 18.2 Å². The van der Waals surface area contributed by atoms with E-state index in [-0.39, 0.29) is 5.91 Å². The first-order chi connectivity index (χ1) is 7.65. The quantitative estimate of drug-likeness (QED) is 0.894. The van der Waals surface area contributed by atoms with Gasteiger partial charge in [0.25, 0.3) is 0 Å². The van der Waals surface area contributed by atoms with E-state index < -0.39 is 0 Å². The molecule has 0 unspecified atom stereocenters. The van der Waals surface area contributed by atoms with Crippen LogP contribution < -0.4 is 5.32 Å². The summed E-state index contributed by atoms with van der Waals surface area (Å²) in [6, 6.07) is 5.41. The molecular formula is C11H13Cl2NOS.